The highest BCUT2D eigenvalue weighted by atomic mass is 16.5. The van der Waals surface area contributed by atoms with E-state index in [0.29, 0.717) is 6.10 Å². The van der Waals surface area contributed by atoms with Gasteiger partial charge in [0.2, 0.25) is 0 Å². The Kier molecular flexibility index (Phi) is 5.75. The third-order valence-corrected chi connectivity index (χ3v) is 4.11. The fourth-order valence-corrected chi connectivity index (χ4v) is 3.15. The molecular weight excluding hydrogens is 212 g/mol. The smallest absolute Gasteiger partial charge is 0.0702 e. The molecule has 2 aliphatic heterocycles. The summed E-state index contributed by atoms with van der Waals surface area (Å²) in [6, 6.07) is 0. The Labute approximate surface area is 106 Å². The van der Waals surface area contributed by atoms with Crippen molar-refractivity contribution in [3.63, 3.8) is 0 Å². The van der Waals surface area contributed by atoms with Crippen molar-refractivity contribution in [1.82, 2.24) is 10.2 Å². The van der Waals surface area contributed by atoms with Gasteiger partial charge in [-0.25, -0.2) is 0 Å². The molecule has 0 aromatic heterocycles. The first-order valence-electron chi connectivity index (χ1n) is 7.43. The molecular formula is C14H28N2O. The molecule has 2 fully saturated rings. The number of nitrogens with one attached hydrogen (secondary N) is 1. The summed E-state index contributed by atoms with van der Waals surface area (Å²) in [6.07, 6.45) is 7.24. The first kappa shape index (κ1) is 13.3. The topological polar surface area (TPSA) is 24.5 Å². The van der Waals surface area contributed by atoms with Gasteiger partial charge in [0.15, 0.2) is 0 Å². The number of rotatable bonds is 6. The quantitative estimate of drug-likeness (QED) is 0.767. The summed E-state index contributed by atoms with van der Waals surface area (Å²) in [5.41, 5.74) is 0. The Morgan fingerprint density at radius 2 is 2.29 bits per heavy atom. The zero-order valence-corrected chi connectivity index (χ0v) is 11.3. The molecule has 3 heteroatoms. The Hall–Kier alpha value is -0.120. The van der Waals surface area contributed by atoms with Crippen molar-refractivity contribution in [3.8, 4) is 0 Å². The van der Waals surface area contributed by atoms with Crippen LogP contribution in [0.2, 0.25) is 0 Å². The molecule has 0 aromatic rings. The van der Waals surface area contributed by atoms with Crippen LogP contribution in [0.15, 0.2) is 0 Å². The minimum absolute atomic E-state index is 0.502. The van der Waals surface area contributed by atoms with Gasteiger partial charge in [-0.05, 0) is 71.1 Å². The molecule has 2 aliphatic rings. The summed E-state index contributed by atoms with van der Waals surface area (Å²) in [6.45, 7) is 9.18. The van der Waals surface area contributed by atoms with Gasteiger partial charge in [-0.1, -0.05) is 0 Å². The van der Waals surface area contributed by atoms with Gasteiger partial charge in [-0.3, -0.25) is 0 Å². The average molecular weight is 240 g/mol. The number of piperidine rings is 1. The predicted octanol–water partition coefficient (Wildman–Crippen LogP) is 1.88. The van der Waals surface area contributed by atoms with E-state index in [1.54, 1.807) is 0 Å². The van der Waals surface area contributed by atoms with Crippen LogP contribution in [0.5, 0.6) is 0 Å². The zero-order valence-electron chi connectivity index (χ0n) is 11.3. The van der Waals surface area contributed by atoms with Crippen LogP contribution >= 0.6 is 0 Å². The normalized spacial score (nSPS) is 30.9. The molecule has 0 bridgehead atoms. The molecule has 2 saturated heterocycles. The number of hydrogen-bond acceptors (Lipinski definition) is 3. The van der Waals surface area contributed by atoms with Gasteiger partial charge >= 0.3 is 0 Å². The van der Waals surface area contributed by atoms with E-state index in [2.05, 4.69) is 17.1 Å². The van der Waals surface area contributed by atoms with Crippen molar-refractivity contribution in [2.24, 2.45) is 5.92 Å². The molecule has 0 saturated carbocycles. The number of hydrogen-bond donors (Lipinski definition) is 1. The fourth-order valence-electron chi connectivity index (χ4n) is 3.15. The molecule has 0 spiro atoms. The molecule has 2 unspecified atom stereocenters. The van der Waals surface area contributed by atoms with E-state index in [1.807, 2.05) is 0 Å². The first-order valence-corrected chi connectivity index (χ1v) is 7.43. The monoisotopic (exact) mass is 240 g/mol. The van der Waals surface area contributed by atoms with Gasteiger partial charge in [-0.2, -0.15) is 0 Å². The minimum atomic E-state index is 0.502. The molecule has 3 nitrogen and oxygen atoms in total. The third kappa shape index (κ3) is 4.57. The van der Waals surface area contributed by atoms with Crippen molar-refractivity contribution in [2.45, 2.75) is 45.1 Å². The molecule has 1 N–H and O–H groups in total. The predicted molar refractivity (Wildman–Crippen MR) is 71.3 cm³/mol. The largest absolute Gasteiger partial charge is 0.377 e. The molecule has 0 radical (unpaired) electrons. The van der Waals surface area contributed by atoms with Crippen LogP contribution in [-0.4, -0.2) is 50.3 Å². The molecule has 2 rings (SSSR count). The number of ether oxygens (including phenoxy) is 1. The Morgan fingerprint density at radius 3 is 3.06 bits per heavy atom. The molecule has 100 valence electrons. The lowest BCUT2D eigenvalue weighted by Crippen LogP contribution is -2.40. The van der Waals surface area contributed by atoms with E-state index in [1.165, 1.54) is 58.3 Å². The van der Waals surface area contributed by atoms with Gasteiger partial charge < -0.3 is 15.0 Å². The minimum Gasteiger partial charge on any atom is -0.377 e. The van der Waals surface area contributed by atoms with E-state index in [4.69, 9.17) is 4.74 Å². The van der Waals surface area contributed by atoms with E-state index >= 15 is 0 Å². The second kappa shape index (κ2) is 7.34. The summed E-state index contributed by atoms with van der Waals surface area (Å²) in [5, 5.41) is 3.45. The van der Waals surface area contributed by atoms with Crippen molar-refractivity contribution in [2.75, 3.05) is 39.3 Å². The van der Waals surface area contributed by atoms with E-state index in [0.717, 1.165) is 19.1 Å². The maximum Gasteiger partial charge on any atom is 0.0702 e. The van der Waals surface area contributed by atoms with Crippen LogP contribution in [0.25, 0.3) is 0 Å². The summed E-state index contributed by atoms with van der Waals surface area (Å²) in [4.78, 5) is 2.60. The Morgan fingerprint density at radius 1 is 1.35 bits per heavy atom. The van der Waals surface area contributed by atoms with Gasteiger partial charge in [0.1, 0.15) is 0 Å². The van der Waals surface area contributed by atoms with Crippen LogP contribution in [0.4, 0.5) is 0 Å². The maximum atomic E-state index is 5.74. The Balaban J connectivity index is 1.58. The highest BCUT2D eigenvalue weighted by Crippen LogP contribution is 2.17. The van der Waals surface area contributed by atoms with Crippen LogP contribution in [0.3, 0.4) is 0 Å². The van der Waals surface area contributed by atoms with Crippen LogP contribution < -0.4 is 5.32 Å². The maximum absolute atomic E-state index is 5.74. The van der Waals surface area contributed by atoms with Crippen molar-refractivity contribution < 1.29 is 4.74 Å². The highest BCUT2D eigenvalue weighted by molar-refractivity contribution is 4.75. The molecule has 2 atom stereocenters. The average Bonchev–Trinajstić information content (AvgIpc) is 2.83. The second-order valence-electron chi connectivity index (χ2n) is 5.52. The van der Waals surface area contributed by atoms with E-state index in [9.17, 15) is 0 Å². The SMILES string of the molecule is CCOC1CCCN(CCCC2CCNC2)C1. The van der Waals surface area contributed by atoms with E-state index < -0.39 is 0 Å². The highest BCUT2D eigenvalue weighted by Gasteiger charge is 2.20. The van der Waals surface area contributed by atoms with Crippen molar-refractivity contribution in [1.29, 1.82) is 0 Å². The molecule has 0 amide bonds. The Bertz CT molecular complexity index is 202. The second-order valence-corrected chi connectivity index (χ2v) is 5.52. The number of likely N-dealkylation sites (tertiary alicyclic amines) is 1. The lowest BCUT2D eigenvalue weighted by atomic mass is 10.0. The molecule has 17 heavy (non-hydrogen) atoms. The lowest BCUT2D eigenvalue weighted by molar-refractivity contribution is 0.00539. The summed E-state index contributed by atoms with van der Waals surface area (Å²) < 4.78 is 5.74. The number of nitrogens with zero attached hydrogens (tertiary/aromatic N) is 1. The van der Waals surface area contributed by atoms with Crippen LogP contribution in [0, 0.1) is 5.92 Å². The lowest BCUT2D eigenvalue weighted by Gasteiger charge is -2.32. The van der Waals surface area contributed by atoms with Crippen LogP contribution in [-0.2, 0) is 4.74 Å². The summed E-state index contributed by atoms with van der Waals surface area (Å²) >= 11 is 0. The van der Waals surface area contributed by atoms with Gasteiger partial charge in [0.05, 0.1) is 6.10 Å². The summed E-state index contributed by atoms with van der Waals surface area (Å²) in [7, 11) is 0. The molecule has 0 aromatic carbocycles. The van der Waals surface area contributed by atoms with Gasteiger partial charge in [-0.15, -0.1) is 0 Å². The standard InChI is InChI=1S/C14H28N2O/c1-2-17-14-6-4-10-16(12-14)9-3-5-13-7-8-15-11-13/h13-15H,2-12H2,1H3. The van der Waals surface area contributed by atoms with Crippen LogP contribution in [0.1, 0.15) is 39.0 Å². The summed E-state index contributed by atoms with van der Waals surface area (Å²) in [5.74, 6) is 0.947. The van der Waals surface area contributed by atoms with Gasteiger partial charge in [0, 0.05) is 13.2 Å². The van der Waals surface area contributed by atoms with Gasteiger partial charge in [0.25, 0.3) is 0 Å². The third-order valence-electron chi connectivity index (χ3n) is 4.11. The molecule has 2 heterocycles. The first-order chi connectivity index (χ1) is 8.38. The molecule has 0 aliphatic carbocycles. The fraction of sp³-hybridized carbons (Fsp3) is 1.00. The van der Waals surface area contributed by atoms with E-state index in [-0.39, 0.29) is 0 Å². The van der Waals surface area contributed by atoms with Crippen molar-refractivity contribution >= 4 is 0 Å². The zero-order chi connectivity index (χ0) is 11.9. The van der Waals surface area contributed by atoms with Crippen molar-refractivity contribution in [3.05, 3.63) is 0 Å².